The van der Waals surface area contributed by atoms with Crippen molar-refractivity contribution in [3.05, 3.63) is 11.5 Å². The lowest BCUT2D eigenvalue weighted by molar-refractivity contribution is 0.183. The van der Waals surface area contributed by atoms with E-state index in [1.165, 1.54) is 0 Å². The van der Waals surface area contributed by atoms with Crippen LogP contribution in [-0.2, 0) is 10.2 Å². The van der Waals surface area contributed by atoms with Gasteiger partial charge in [-0.15, -0.1) is 0 Å². The smallest absolute Gasteiger partial charge is 0.188 e. The third-order valence-corrected chi connectivity index (χ3v) is 2.84. The Labute approximate surface area is 94.6 Å². The highest BCUT2D eigenvalue weighted by Gasteiger charge is 2.31. The van der Waals surface area contributed by atoms with E-state index >= 15 is 0 Å². The van der Waals surface area contributed by atoms with Crippen LogP contribution in [0.2, 0.25) is 0 Å². The van der Waals surface area contributed by atoms with Gasteiger partial charge < -0.3 is 10.5 Å². The normalized spacial score (nSPS) is 21.6. The number of anilines is 1. The zero-order valence-electron chi connectivity index (χ0n) is 9.96. The molecular formula is C11H18FN3O. The lowest BCUT2D eigenvalue weighted by Gasteiger charge is -2.22. The Morgan fingerprint density at radius 1 is 1.50 bits per heavy atom. The predicted octanol–water partition coefficient (Wildman–Crippen LogP) is 1.86. The Kier molecular flexibility index (Phi) is 2.66. The van der Waals surface area contributed by atoms with Crippen LogP contribution in [-0.4, -0.2) is 23.0 Å². The van der Waals surface area contributed by atoms with Gasteiger partial charge in [0.15, 0.2) is 11.6 Å². The molecule has 1 aromatic rings. The van der Waals surface area contributed by atoms with Crippen LogP contribution in [0.1, 0.15) is 38.9 Å². The maximum atomic E-state index is 13.9. The molecule has 0 amide bonds. The van der Waals surface area contributed by atoms with Crippen molar-refractivity contribution in [3.63, 3.8) is 0 Å². The minimum atomic E-state index is -0.389. The van der Waals surface area contributed by atoms with Gasteiger partial charge >= 0.3 is 0 Å². The lowest BCUT2D eigenvalue weighted by Crippen LogP contribution is -2.23. The first-order valence-electron chi connectivity index (χ1n) is 5.53. The summed E-state index contributed by atoms with van der Waals surface area (Å²) in [4.78, 5) is 0. The summed E-state index contributed by atoms with van der Waals surface area (Å²) in [5.41, 5.74) is 5.82. The van der Waals surface area contributed by atoms with E-state index in [4.69, 9.17) is 10.5 Å². The van der Waals surface area contributed by atoms with Gasteiger partial charge in [-0.1, -0.05) is 20.8 Å². The number of ether oxygens (including phenoxy) is 1. The number of nitrogen functional groups attached to an aromatic ring is 1. The first-order valence-corrected chi connectivity index (χ1v) is 5.53. The summed E-state index contributed by atoms with van der Waals surface area (Å²) >= 11 is 0. The molecular weight excluding hydrogens is 209 g/mol. The molecule has 2 N–H and O–H groups in total. The molecule has 5 heteroatoms. The van der Waals surface area contributed by atoms with E-state index in [0.717, 1.165) is 6.42 Å². The fourth-order valence-corrected chi connectivity index (χ4v) is 2.08. The van der Waals surface area contributed by atoms with Crippen molar-refractivity contribution in [2.75, 3.05) is 18.9 Å². The molecule has 1 saturated heterocycles. The van der Waals surface area contributed by atoms with Gasteiger partial charge in [0.25, 0.3) is 0 Å². The molecule has 1 aromatic heterocycles. The second kappa shape index (κ2) is 3.73. The molecule has 2 heterocycles. The largest absolute Gasteiger partial charge is 0.380 e. The molecule has 0 unspecified atom stereocenters. The van der Waals surface area contributed by atoms with Gasteiger partial charge in [-0.2, -0.15) is 5.10 Å². The minimum Gasteiger partial charge on any atom is -0.380 e. The van der Waals surface area contributed by atoms with Gasteiger partial charge in [-0.25, -0.2) is 4.39 Å². The summed E-state index contributed by atoms with van der Waals surface area (Å²) in [6, 6.07) is 0.112. The molecule has 0 spiro atoms. The molecule has 0 bridgehead atoms. The number of nitrogens with zero attached hydrogens (tertiary/aromatic N) is 2. The van der Waals surface area contributed by atoms with Crippen LogP contribution in [0.3, 0.4) is 0 Å². The van der Waals surface area contributed by atoms with Crippen molar-refractivity contribution in [2.24, 2.45) is 0 Å². The maximum Gasteiger partial charge on any atom is 0.188 e. The molecule has 2 rings (SSSR count). The first kappa shape index (κ1) is 11.4. The molecule has 1 aliphatic heterocycles. The zero-order valence-corrected chi connectivity index (χ0v) is 9.96. The third kappa shape index (κ3) is 1.80. The van der Waals surface area contributed by atoms with Gasteiger partial charge in [0.2, 0.25) is 0 Å². The number of rotatable bonds is 1. The standard InChI is InChI=1S/C11H18FN3O/c1-11(2,3)9-8(12)10(13)14-15(9)7-4-5-16-6-7/h7H,4-6H2,1-3H3,(H2,13,14)/t7-/m0/s1. The van der Waals surface area contributed by atoms with Crippen molar-refractivity contribution < 1.29 is 9.13 Å². The Hall–Kier alpha value is -1.10. The topological polar surface area (TPSA) is 53.1 Å². The van der Waals surface area contributed by atoms with Crippen LogP contribution in [0.25, 0.3) is 0 Å². The van der Waals surface area contributed by atoms with E-state index < -0.39 is 0 Å². The van der Waals surface area contributed by atoms with Gasteiger partial charge in [0, 0.05) is 12.0 Å². The molecule has 1 aliphatic rings. The summed E-state index contributed by atoms with van der Waals surface area (Å²) in [5, 5.41) is 4.10. The highest BCUT2D eigenvalue weighted by atomic mass is 19.1. The van der Waals surface area contributed by atoms with E-state index in [-0.39, 0.29) is 23.1 Å². The van der Waals surface area contributed by atoms with E-state index in [2.05, 4.69) is 5.10 Å². The molecule has 4 nitrogen and oxygen atoms in total. The van der Waals surface area contributed by atoms with Crippen LogP contribution < -0.4 is 5.73 Å². The molecule has 16 heavy (non-hydrogen) atoms. The van der Waals surface area contributed by atoms with Crippen LogP contribution in [0.15, 0.2) is 0 Å². The summed E-state index contributed by atoms with van der Waals surface area (Å²) in [5.74, 6) is -0.406. The van der Waals surface area contributed by atoms with E-state index in [9.17, 15) is 4.39 Å². The highest BCUT2D eigenvalue weighted by molar-refractivity contribution is 5.36. The minimum absolute atomic E-state index is 0.0168. The predicted molar refractivity (Wildman–Crippen MR) is 59.8 cm³/mol. The van der Waals surface area contributed by atoms with Gasteiger partial charge in [-0.05, 0) is 6.42 Å². The van der Waals surface area contributed by atoms with Crippen molar-refractivity contribution >= 4 is 5.82 Å². The SMILES string of the molecule is CC(C)(C)c1c(F)c(N)nn1[C@H]1CCOC1. The number of halogens is 1. The summed E-state index contributed by atoms with van der Waals surface area (Å²) < 4.78 is 20.9. The van der Waals surface area contributed by atoms with Gasteiger partial charge in [-0.3, -0.25) is 4.68 Å². The quantitative estimate of drug-likeness (QED) is 0.796. The molecule has 0 aliphatic carbocycles. The van der Waals surface area contributed by atoms with Gasteiger partial charge in [0.05, 0.1) is 18.3 Å². The van der Waals surface area contributed by atoms with E-state index in [1.54, 1.807) is 4.68 Å². The second-order valence-electron chi connectivity index (χ2n) is 5.26. The molecule has 1 fully saturated rings. The molecule has 1 atom stereocenters. The Morgan fingerprint density at radius 3 is 2.69 bits per heavy atom. The lowest BCUT2D eigenvalue weighted by atomic mass is 9.91. The number of nitrogens with two attached hydrogens (primary N) is 1. The fourth-order valence-electron chi connectivity index (χ4n) is 2.08. The fraction of sp³-hybridized carbons (Fsp3) is 0.727. The van der Waals surface area contributed by atoms with Crippen LogP contribution in [0.5, 0.6) is 0 Å². The summed E-state index contributed by atoms with van der Waals surface area (Å²) in [7, 11) is 0. The number of aromatic nitrogens is 2. The molecule has 0 aromatic carbocycles. The Morgan fingerprint density at radius 2 is 2.19 bits per heavy atom. The van der Waals surface area contributed by atoms with Crippen LogP contribution >= 0.6 is 0 Å². The molecule has 0 radical (unpaired) electrons. The Bertz CT molecular complexity index is 389. The number of hydrogen-bond acceptors (Lipinski definition) is 3. The van der Waals surface area contributed by atoms with Crippen LogP contribution in [0, 0.1) is 5.82 Å². The van der Waals surface area contributed by atoms with Crippen molar-refractivity contribution in [3.8, 4) is 0 Å². The summed E-state index contributed by atoms with van der Waals surface area (Å²) in [6.07, 6.45) is 0.865. The van der Waals surface area contributed by atoms with E-state index in [1.807, 2.05) is 20.8 Å². The molecule has 0 saturated carbocycles. The third-order valence-electron chi connectivity index (χ3n) is 2.84. The van der Waals surface area contributed by atoms with Crippen molar-refractivity contribution in [2.45, 2.75) is 38.6 Å². The average Bonchev–Trinajstić information content (AvgIpc) is 2.73. The highest BCUT2D eigenvalue weighted by Crippen LogP contribution is 2.32. The van der Waals surface area contributed by atoms with Crippen LogP contribution in [0.4, 0.5) is 10.2 Å². The maximum absolute atomic E-state index is 13.9. The van der Waals surface area contributed by atoms with E-state index in [0.29, 0.717) is 18.9 Å². The van der Waals surface area contributed by atoms with Crippen molar-refractivity contribution in [1.29, 1.82) is 0 Å². The first-order chi connectivity index (χ1) is 7.41. The van der Waals surface area contributed by atoms with Crippen molar-refractivity contribution in [1.82, 2.24) is 9.78 Å². The Balaban J connectivity index is 2.48. The summed E-state index contributed by atoms with van der Waals surface area (Å²) in [6.45, 7) is 7.16. The number of hydrogen-bond donors (Lipinski definition) is 1. The van der Waals surface area contributed by atoms with Gasteiger partial charge in [0.1, 0.15) is 0 Å². The average molecular weight is 227 g/mol. The monoisotopic (exact) mass is 227 g/mol. The zero-order chi connectivity index (χ0) is 11.9. The second-order valence-corrected chi connectivity index (χ2v) is 5.26. The molecule has 90 valence electrons.